The number of carbonyl (C=O) groups is 1. The van der Waals surface area contributed by atoms with Crippen LogP contribution in [0.1, 0.15) is 28.9 Å². The van der Waals surface area contributed by atoms with E-state index in [0.717, 1.165) is 11.1 Å². The van der Waals surface area contributed by atoms with E-state index in [1.807, 2.05) is 60.7 Å². The molecule has 1 heterocycles. The Kier molecular flexibility index (Phi) is 4.86. The Balaban J connectivity index is 1.71. The van der Waals surface area contributed by atoms with E-state index >= 15 is 0 Å². The van der Waals surface area contributed by atoms with Crippen LogP contribution in [0.2, 0.25) is 0 Å². The molecule has 24 heavy (non-hydrogen) atoms. The molecule has 0 radical (unpaired) electrons. The minimum absolute atomic E-state index is 0.184. The van der Waals surface area contributed by atoms with Gasteiger partial charge in [-0.1, -0.05) is 65.8 Å². The summed E-state index contributed by atoms with van der Waals surface area (Å²) in [5.41, 5.74) is 2.01. The molecule has 0 aliphatic rings. The molecule has 0 fully saturated rings. The van der Waals surface area contributed by atoms with Gasteiger partial charge in [0.15, 0.2) is 5.82 Å². The van der Waals surface area contributed by atoms with Crippen LogP contribution >= 0.6 is 0 Å². The largest absolute Gasteiger partial charge is 0.337 e. The summed E-state index contributed by atoms with van der Waals surface area (Å²) < 4.78 is 4.99. The zero-order chi connectivity index (χ0) is 16.8. The quantitative estimate of drug-likeness (QED) is 0.757. The van der Waals surface area contributed by atoms with Crippen molar-refractivity contribution < 1.29 is 9.32 Å². The van der Waals surface area contributed by atoms with E-state index in [1.165, 1.54) is 0 Å². The topological polar surface area (TPSA) is 80.0 Å². The molecule has 122 valence electrons. The molecule has 6 heteroatoms. The van der Waals surface area contributed by atoms with Crippen LogP contribution in [0.15, 0.2) is 65.2 Å². The lowest BCUT2D eigenvalue weighted by Gasteiger charge is -2.20. The van der Waals surface area contributed by atoms with Gasteiger partial charge in [-0.3, -0.25) is 0 Å². The number of aromatic nitrogens is 2. The average molecular weight is 322 g/mol. The maximum absolute atomic E-state index is 12.3. The Morgan fingerprint density at radius 1 is 1.04 bits per heavy atom. The van der Waals surface area contributed by atoms with Crippen LogP contribution in [0.4, 0.5) is 4.79 Å². The molecule has 6 nitrogen and oxygen atoms in total. The second-order valence-electron chi connectivity index (χ2n) is 5.32. The molecule has 0 aliphatic carbocycles. The molecule has 2 amide bonds. The lowest BCUT2D eigenvalue weighted by molar-refractivity contribution is 0.236. The second kappa shape index (κ2) is 7.41. The molecule has 3 rings (SSSR count). The number of amides is 2. The lowest BCUT2D eigenvalue weighted by Crippen LogP contribution is -2.38. The first kappa shape index (κ1) is 15.7. The first-order valence-corrected chi connectivity index (χ1v) is 7.66. The van der Waals surface area contributed by atoms with Gasteiger partial charge in [0.1, 0.15) is 0 Å². The van der Waals surface area contributed by atoms with E-state index in [2.05, 4.69) is 20.8 Å². The summed E-state index contributed by atoms with van der Waals surface area (Å²) in [6, 6.07) is 19.1. The Morgan fingerprint density at radius 2 is 1.62 bits per heavy atom. The third-order valence-electron chi connectivity index (χ3n) is 3.51. The third kappa shape index (κ3) is 3.98. The van der Waals surface area contributed by atoms with Gasteiger partial charge >= 0.3 is 6.03 Å². The van der Waals surface area contributed by atoms with E-state index < -0.39 is 0 Å². The van der Waals surface area contributed by atoms with Crippen LogP contribution in [0.25, 0.3) is 0 Å². The van der Waals surface area contributed by atoms with Gasteiger partial charge in [-0.05, 0) is 18.1 Å². The molecule has 0 unspecified atom stereocenters. The summed E-state index contributed by atoms with van der Waals surface area (Å²) >= 11 is 0. The normalized spacial score (nSPS) is 10.6. The summed E-state index contributed by atoms with van der Waals surface area (Å²) in [5, 5.41) is 9.42. The van der Waals surface area contributed by atoms with Gasteiger partial charge in [-0.25, -0.2) is 4.79 Å². The molecule has 0 aliphatic heterocycles. The molecule has 0 saturated heterocycles. The lowest BCUT2D eigenvalue weighted by atomic mass is 9.99. The number of hydrogen-bond donors (Lipinski definition) is 2. The van der Waals surface area contributed by atoms with Crippen LogP contribution in [-0.4, -0.2) is 16.2 Å². The van der Waals surface area contributed by atoms with Crippen LogP contribution in [-0.2, 0) is 6.54 Å². The number of aryl methyl sites for hydroxylation is 1. The highest BCUT2D eigenvalue weighted by Gasteiger charge is 2.16. The predicted molar refractivity (Wildman–Crippen MR) is 89.1 cm³/mol. The molecule has 0 atom stereocenters. The maximum Gasteiger partial charge on any atom is 0.315 e. The van der Waals surface area contributed by atoms with Crippen molar-refractivity contribution in [1.29, 1.82) is 0 Å². The highest BCUT2D eigenvalue weighted by molar-refractivity contribution is 5.74. The first-order valence-electron chi connectivity index (χ1n) is 7.66. The predicted octanol–water partition coefficient (Wildman–Crippen LogP) is 2.97. The number of carbonyl (C=O) groups excluding carboxylic acids is 1. The average Bonchev–Trinajstić information content (AvgIpc) is 3.05. The number of nitrogens with zero attached hydrogens (tertiary/aromatic N) is 2. The summed E-state index contributed by atoms with van der Waals surface area (Å²) in [6.07, 6.45) is 0. The van der Waals surface area contributed by atoms with Crippen LogP contribution in [0.5, 0.6) is 0 Å². The molecule has 0 spiro atoms. The molecule has 3 aromatic rings. The first-order chi connectivity index (χ1) is 11.7. The smallest absolute Gasteiger partial charge is 0.315 e. The van der Waals surface area contributed by atoms with E-state index in [1.54, 1.807) is 6.92 Å². The summed E-state index contributed by atoms with van der Waals surface area (Å²) in [4.78, 5) is 16.3. The molecule has 0 saturated carbocycles. The fraction of sp³-hybridized carbons (Fsp3) is 0.167. The fourth-order valence-electron chi connectivity index (χ4n) is 2.40. The van der Waals surface area contributed by atoms with Gasteiger partial charge in [0.25, 0.3) is 0 Å². The molecule has 0 bridgehead atoms. The highest BCUT2D eigenvalue weighted by atomic mass is 16.5. The molecular formula is C18H18N4O2. The summed E-state index contributed by atoms with van der Waals surface area (Å²) in [6.45, 7) is 1.91. The number of benzene rings is 2. The monoisotopic (exact) mass is 322 g/mol. The number of rotatable bonds is 5. The van der Waals surface area contributed by atoms with Crippen molar-refractivity contribution in [3.8, 4) is 0 Å². The Hall–Kier alpha value is -3.15. The van der Waals surface area contributed by atoms with Crippen LogP contribution in [0.3, 0.4) is 0 Å². The van der Waals surface area contributed by atoms with Crippen molar-refractivity contribution in [3.63, 3.8) is 0 Å². The van der Waals surface area contributed by atoms with Crippen molar-refractivity contribution in [2.24, 2.45) is 0 Å². The van der Waals surface area contributed by atoms with Gasteiger partial charge in [0.2, 0.25) is 5.89 Å². The van der Waals surface area contributed by atoms with E-state index in [9.17, 15) is 4.79 Å². The summed E-state index contributed by atoms with van der Waals surface area (Å²) in [7, 11) is 0. The van der Waals surface area contributed by atoms with Gasteiger partial charge < -0.3 is 15.2 Å². The minimum Gasteiger partial charge on any atom is -0.337 e. The zero-order valence-electron chi connectivity index (χ0n) is 13.3. The molecule has 1 aromatic heterocycles. The van der Waals surface area contributed by atoms with E-state index in [0.29, 0.717) is 11.7 Å². The zero-order valence-corrected chi connectivity index (χ0v) is 13.3. The Bertz CT molecular complexity index is 748. The van der Waals surface area contributed by atoms with Crippen molar-refractivity contribution in [1.82, 2.24) is 20.8 Å². The minimum atomic E-state index is -0.302. The van der Waals surface area contributed by atoms with Gasteiger partial charge in [-0.2, -0.15) is 4.98 Å². The standard InChI is InChI=1S/C18H18N4O2/c1-13-20-16(24-22-13)12-19-18(23)21-17(14-8-4-2-5-9-14)15-10-6-3-7-11-15/h2-11,17H,12H2,1H3,(H2,19,21,23). The number of nitrogens with one attached hydrogen (secondary N) is 2. The molecule has 2 N–H and O–H groups in total. The fourth-order valence-corrected chi connectivity index (χ4v) is 2.40. The van der Waals surface area contributed by atoms with Crippen molar-refractivity contribution in [2.75, 3.05) is 0 Å². The van der Waals surface area contributed by atoms with Gasteiger partial charge in [0.05, 0.1) is 12.6 Å². The van der Waals surface area contributed by atoms with Crippen LogP contribution < -0.4 is 10.6 Å². The number of hydrogen-bond acceptors (Lipinski definition) is 4. The van der Waals surface area contributed by atoms with Crippen molar-refractivity contribution >= 4 is 6.03 Å². The molecular weight excluding hydrogens is 304 g/mol. The Morgan fingerprint density at radius 3 is 2.12 bits per heavy atom. The van der Waals surface area contributed by atoms with Gasteiger partial charge in [0, 0.05) is 0 Å². The SMILES string of the molecule is Cc1noc(CNC(=O)NC(c2ccccc2)c2ccccc2)n1. The van der Waals surface area contributed by atoms with E-state index in [-0.39, 0.29) is 18.6 Å². The third-order valence-corrected chi connectivity index (χ3v) is 3.51. The number of urea groups is 1. The highest BCUT2D eigenvalue weighted by Crippen LogP contribution is 2.21. The Labute approximate surface area is 139 Å². The second-order valence-corrected chi connectivity index (χ2v) is 5.32. The van der Waals surface area contributed by atoms with Gasteiger partial charge in [-0.15, -0.1) is 0 Å². The van der Waals surface area contributed by atoms with Crippen LogP contribution in [0, 0.1) is 6.92 Å². The maximum atomic E-state index is 12.3. The van der Waals surface area contributed by atoms with E-state index in [4.69, 9.17) is 4.52 Å². The summed E-state index contributed by atoms with van der Waals surface area (Å²) in [5.74, 6) is 0.914. The van der Waals surface area contributed by atoms with Crippen molar-refractivity contribution in [2.45, 2.75) is 19.5 Å². The van der Waals surface area contributed by atoms with Crippen molar-refractivity contribution in [3.05, 3.63) is 83.5 Å². The molecule has 2 aromatic carbocycles.